The molecule has 0 aliphatic heterocycles. The second-order valence-electron chi connectivity index (χ2n) is 6.74. The predicted molar refractivity (Wildman–Crippen MR) is 103 cm³/mol. The van der Waals surface area contributed by atoms with Crippen LogP contribution in [0.25, 0.3) is 11.0 Å². The van der Waals surface area contributed by atoms with E-state index in [4.69, 9.17) is 0 Å². The molecule has 0 saturated heterocycles. The number of aromatic nitrogens is 3. The number of rotatable bonds is 5. The van der Waals surface area contributed by atoms with Crippen LogP contribution < -0.4 is 11.0 Å². The number of aryl methyl sites for hydroxylation is 1. The van der Waals surface area contributed by atoms with Crippen LogP contribution in [0.15, 0.2) is 28.4 Å². The summed E-state index contributed by atoms with van der Waals surface area (Å²) in [5, 5.41) is 5.94. The lowest BCUT2D eigenvalue weighted by molar-refractivity contribution is 0.0950. The molecule has 2 heterocycles. The molecule has 1 aromatic carbocycles. The molecule has 1 fully saturated rings. The van der Waals surface area contributed by atoms with Gasteiger partial charge in [0.25, 0.3) is 5.91 Å². The van der Waals surface area contributed by atoms with E-state index in [2.05, 4.69) is 22.2 Å². The largest absolute Gasteiger partial charge is 0.346 e. The molecular weight excluding hydrogens is 348 g/mol. The number of carbonyl (C=O) groups is 1. The summed E-state index contributed by atoms with van der Waals surface area (Å²) in [4.78, 5) is 32.2. The third-order valence-corrected chi connectivity index (χ3v) is 6.04. The number of benzene rings is 1. The molecule has 4 rings (SSSR count). The number of H-pyrrole nitrogens is 1. The zero-order valence-electron chi connectivity index (χ0n) is 14.7. The maximum Gasteiger partial charge on any atom is 0.326 e. The molecular formula is C19H22N4O2S. The highest BCUT2D eigenvalue weighted by Crippen LogP contribution is 2.30. The smallest absolute Gasteiger partial charge is 0.326 e. The van der Waals surface area contributed by atoms with Gasteiger partial charge in [0.2, 0.25) is 0 Å². The van der Waals surface area contributed by atoms with Crippen molar-refractivity contribution >= 4 is 28.3 Å². The van der Waals surface area contributed by atoms with Crippen molar-refractivity contribution in [2.45, 2.75) is 51.6 Å². The van der Waals surface area contributed by atoms with E-state index >= 15 is 0 Å². The van der Waals surface area contributed by atoms with Crippen molar-refractivity contribution in [3.8, 4) is 0 Å². The molecule has 0 spiro atoms. The molecule has 1 aliphatic rings. The highest BCUT2D eigenvalue weighted by Gasteiger charge is 2.21. The number of nitrogens with zero attached hydrogens (tertiary/aromatic N) is 2. The number of hydrogen-bond donors (Lipinski definition) is 2. The van der Waals surface area contributed by atoms with Gasteiger partial charge in [-0.1, -0.05) is 19.8 Å². The van der Waals surface area contributed by atoms with Crippen molar-refractivity contribution in [3.63, 3.8) is 0 Å². The number of carbonyl (C=O) groups excluding carboxylic acids is 1. The predicted octanol–water partition coefficient (Wildman–Crippen LogP) is 3.39. The zero-order chi connectivity index (χ0) is 18.1. The Hall–Kier alpha value is -2.41. The molecule has 0 atom stereocenters. The van der Waals surface area contributed by atoms with Crippen LogP contribution in [0.1, 0.15) is 59.7 Å². The summed E-state index contributed by atoms with van der Waals surface area (Å²) in [5.41, 5.74) is 2.94. The van der Waals surface area contributed by atoms with E-state index in [9.17, 15) is 9.59 Å². The second-order valence-corrected chi connectivity index (χ2v) is 7.68. The molecule has 2 aromatic heterocycles. The van der Waals surface area contributed by atoms with E-state index in [1.807, 2.05) is 16.0 Å². The maximum absolute atomic E-state index is 12.5. The van der Waals surface area contributed by atoms with Crippen LogP contribution in [-0.4, -0.2) is 20.4 Å². The standard InChI is InChI=1S/C19H22N4O2S/c1-2-17-21-13(11-26-17)10-20-18(24)12-7-8-16-15(9-12)22-19(25)23(16)14-5-3-4-6-14/h7-9,11,14H,2-6,10H2,1H3,(H,20,24)(H,22,25). The Kier molecular flexibility index (Phi) is 4.63. The van der Waals surface area contributed by atoms with Crippen molar-refractivity contribution in [2.24, 2.45) is 0 Å². The molecule has 1 saturated carbocycles. The molecule has 1 aliphatic carbocycles. The van der Waals surface area contributed by atoms with Crippen LogP contribution in [-0.2, 0) is 13.0 Å². The Morgan fingerprint density at radius 1 is 1.38 bits per heavy atom. The first-order chi connectivity index (χ1) is 12.7. The van der Waals surface area contributed by atoms with Gasteiger partial charge in [-0.3, -0.25) is 9.36 Å². The van der Waals surface area contributed by atoms with Crippen molar-refractivity contribution in [2.75, 3.05) is 0 Å². The molecule has 0 bridgehead atoms. The van der Waals surface area contributed by atoms with Crippen LogP contribution in [0, 0.1) is 0 Å². The van der Waals surface area contributed by atoms with Crippen molar-refractivity contribution in [1.82, 2.24) is 19.9 Å². The minimum absolute atomic E-state index is 0.0842. The van der Waals surface area contributed by atoms with Gasteiger partial charge in [-0.2, -0.15) is 0 Å². The number of thiazole rings is 1. The normalized spacial score (nSPS) is 15.0. The number of imidazole rings is 1. The molecule has 26 heavy (non-hydrogen) atoms. The van der Waals surface area contributed by atoms with Gasteiger partial charge < -0.3 is 10.3 Å². The summed E-state index contributed by atoms with van der Waals surface area (Å²) in [6, 6.07) is 5.69. The number of amides is 1. The molecule has 3 aromatic rings. The van der Waals surface area contributed by atoms with Gasteiger partial charge in [0, 0.05) is 17.0 Å². The van der Waals surface area contributed by atoms with E-state index in [1.54, 1.807) is 23.5 Å². The average molecular weight is 370 g/mol. The number of aromatic amines is 1. The third kappa shape index (κ3) is 3.19. The second kappa shape index (κ2) is 7.07. The third-order valence-electron chi connectivity index (χ3n) is 5.00. The highest BCUT2D eigenvalue weighted by atomic mass is 32.1. The van der Waals surface area contributed by atoms with Crippen LogP contribution >= 0.6 is 11.3 Å². The van der Waals surface area contributed by atoms with E-state index < -0.39 is 0 Å². The molecule has 6 nitrogen and oxygen atoms in total. The Bertz CT molecular complexity index is 995. The molecule has 0 unspecified atom stereocenters. The topological polar surface area (TPSA) is 79.8 Å². The van der Waals surface area contributed by atoms with Gasteiger partial charge in [-0.05, 0) is 37.5 Å². The Balaban J connectivity index is 1.53. The van der Waals surface area contributed by atoms with E-state index in [0.29, 0.717) is 12.1 Å². The summed E-state index contributed by atoms with van der Waals surface area (Å²) >= 11 is 1.61. The van der Waals surface area contributed by atoms with Crippen molar-refractivity contribution in [1.29, 1.82) is 0 Å². The van der Waals surface area contributed by atoms with Gasteiger partial charge in [-0.15, -0.1) is 11.3 Å². The fraction of sp³-hybridized carbons (Fsp3) is 0.421. The Morgan fingerprint density at radius 3 is 2.92 bits per heavy atom. The number of hydrogen-bond acceptors (Lipinski definition) is 4. The van der Waals surface area contributed by atoms with Crippen LogP contribution in [0.5, 0.6) is 0 Å². The minimum atomic E-state index is -0.160. The van der Waals surface area contributed by atoms with Crippen LogP contribution in [0.4, 0.5) is 0 Å². The van der Waals surface area contributed by atoms with Crippen molar-refractivity contribution in [3.05, 3.63) is 50.3 Å². The quantitative estimate of drug-likeness (QED) is 0.722. The Labute approximate surface area is 155 Å². The van der Waals surface area contributed by atoms with Gasteiger partial charge in [0.05, 0.1) is 28.3 Å². The number of nitrogens with one attached hydrogen (secondary N) is 2. The van der Waals surface area contributed by atoms with Crippen molar-refractivity contribution < 1.29 is 4.79 Å². The average Bonchev–Trinajstić information content (AvgIpc) is 3.37. The van der Waals surface area contributed by atoms with Gasteiger partial charge in [0.1, 0.15) is 0 Å². The van der Waals surface area contributed by atoms with E-state index in [0.717, 1.165) is 41.0 Å². The summed E-state index contributed by atoms with van der Waals surface area (Å²) in [5.74, 6) is -0.160. The summed E-state index contributed by atoms with van der Waals surface area (Å²) in [6.45, 7) is 2.47. The first-order valence-electron chi connectivity index (χ1n) is 9.11. The molecule has 1 amide bonds. The highest BCUT2D eigenvalue weighted by molar-refractivity contribution is 7.09. The molecule has 7 heteroatoms. The lowest BCUT2D eigenvalue weighted by Gasteiger charge is -2.11. The fourth-order valence-electron chi connectivity index (χ4n) is 3.66. The van der Waals surface area contributed by atoms with Crippen LogP contribution in [0.2, 0.25) is 0 Å². The van der Waals surface area contributed by atoms with Gasteiger partial charge in [-0.25, -0.2) is 9.78 Å². The molecule has 2 N–H and O–H groups in total. The van der Waals surface area contributed by atoms with Crippen LogP contribution in [0.3, 0.4) is 0 Å². The maximum atomic E-state index is 12.5. The first kappa shape index (κ1) is 17.0. The molecule has 136 valence electrons. The lowest BCUT2D eigenvalue weighted by atomic mass is 10.1. The SMILES string of the molecule is CCc1nc(CNC(=O)c2ccc3c(c2)[nH]c(=O)n3C2CCCC2)cs1. The minimum Gasteiger partial charge on any atom is -0.346 e. The molecule has 0 radical (unpaired) electrons. The summed E-state index contributed by atoms with van der Waals surface area (Å²) < 4.78 is 1.85. The first-order valence-corrected chi connectivity index (χ1v) is 9.99. The fourth-order valence-corrected chi connectivity index (χ4v) is 4.41. The summed E-state index contributed by atoms with van der Waals surface area (Å²) in [6.07, 6.45) is 5.33. The lowest BCUT2D eigenvalue weighted by Crippen LogP contribution is -2.23. The number of fused-ring (bicyclic) bond motifs is 1. The van der Waals surface area contributed by atoms with Gasteiger partial charge >= 0.3 is 5.69 Å². The Morgan fingerprint density at radius 2 is 2.19 bits per heavy atom. The van der Waals surface area contributed by atoms with Gasteiger partial charge in [0.15, 0.2) is 0 Å². The zero-order valence-corrected chi connectivity index (χ0v) is 15.6. The monoisotopic (exact) mass is 370 g/mol. The summed E-state index contributed by atoms with van der Waals surface area (Å²) in [7, 11) is 0. The van der Waals surface area contributed by atoms with E-state index in [-0.39, 0.29) is 17.6 Å². The van der Waals surface area contributed by atoms with E-state index in [1.165, 1.54) is 12.8 Å².